The second-order valence-electron chi connectivity index (χ2n) is 6.12. The number of nitrogens with zero attached hydrogens (tertiary/aromatic N) is 2. The predicted molar refractivity (Wildman–Crippen MR) is 88.0 cm³/mol. The molecule has 1 aliphatic rings. The molecule has 1 aromatic rings. The van der Waals surface area contributed by atoms with Gasteiger partial charge in [0.15, 0.2) is 0 Å². The average Bonchev–Trinajstić information content (AvgIpc) is 2.92. The molecule has 0 spiro atoms. The maximum Gasteiger partial charge on any atom is 0.0738 e. The van der Waals surface area contributed by atoms with Crippen LogP contribution in [0.25, 0.3) is 0 Å². The molecule has 20 heavy (non-hydrogen) atoms. The first-order valence-corrected chi connectivity index (χ1v) is 8.82. The molecule has 3 atom stereocenters. The van der Waals surface area contributed by atoms with Crippen LogP contribution in [0.3, 0.4) is 0 Å². The molecule has 0 saturated heterocycles. The van der Waals surface area contributed by atoms with Gasteiger partial charge in [0.1, 0.15) is 0 Å². The first kappa shape index (κ1) is 16.0. The lowest BCUT2D eigenvalue weighted by atomic mass is 9.91. The molecule has 3 nitrogen and oxygen atoms in total. The zero-order chi connectivity index (χ0) is 14.7. The van der Waals surface area contributed by atoms with E-state index >= 15 is 0 Å². The molecule has 4 heteroatoms. The molecule has 114 valence electrons. The van der Waals surface area contributed by atoms with Crippen molar-refractivity contribution in [1.29, 1.82) is 0 Å². The van der Waals surface area contributed by atoms with Gasteiger partial charge in [0.05, 0.1) is 15.9 Å². The van der Waals surface area contributed by atoms with Crippen LogP contribution >= 0.6 is 15.9 Å². The molecule has 0 radical (unpaired) electrons. The zero-order valence-electron chi connectivity index (χ0n) is 13.2. The Morgan fingerprint density at radius 3 is 2.75 bits per heavy atom. The Hall–Kier alpha value is -0.350. The van der Waals surface area contributed by atoms with Crippen LogP contribution in [0.4, 0.5) is 0 Å². The van der Waals surface area contributed by atoms with Crippen molar-refractivity contribution in [3.8, 4) is 0 Å². The van der Waals surface area contributed by atoms with Crippen molar-refractivity contribution in [2.75, 3.05) is 6.54 Å². The van der Waals surface area contributed by atoms with E-state index in [1.54, 1.807) is 0 Å². The first-order valence-electron chi connectivity index (χ1n) is 8.03. The second-order valence-corrected chi connectivity index (χ2v) is 6.92. The standard InChI is InChI=1S/C16H28BrN3/c1-5-9-18-14-8-7-13(11(14)3)10-15-16(17)12(4)19-20(15)6-2/h11,13-14,18H,5-10H2,1-4H3. The minimum absolute atomic E-state index is 0.706. The van der Waals surface area contributed by atoms with Gasteiger partial charge in [-0.25, -0.2) is 0 Å². The molecule has 0 amide bonds. The maximum absolute atomic E-state index is 4.62. The lowest BCUT2D eigenvalue weighted by molar-refractivity contribution is 0.345. The molecular formula is C16H28BrN3. The third kappa shape index (κ3) is 3.28. The van der Waals surface area contributed by atoms with Crippen molar-refractivity contribution in [3.63, 3.8) is 0 Å². The second kappa shape index (κ2) is 7.08. The zero-order valence-corrected chi connectivity index (χ0v) is 14.8. The molecule has 1 aliphatic carbocycles. The van der Waals surface area contributed by atoms with E-state index in [0.29, 0.717) is 6.04 Å². The lowest BCUT2D eigenvalue weighted by Crippen LogP contribution is -2.33. The Labute approximate surface area is 131 Å². The number of halogens is 1. The molecule has 1 heterocycles. The van der Waals surface area contributed by atoms with Gasteiger partial charge in [0.2, 0.25) is 0 Å². The number of nitrogens with one attached hydrogen (secondary N) is 1. The molecule has 3 unspecified atom stereocenters. The van der Waals surface area contributed by atoms with Gasteiger partial charge in [0, 0.05) is 12.6 Å². The Morgan fingerprint density at radius 2 is 2.10 bits per heavy atom. The highest BCUT2D eigenvalue weighted by atomic mass is 79.9. The van der Waals surface area contributed by atoms with Crippen molar-refractivity contribution in [3.05, 3.63) is 15.9 Å². The van der Waals surface area contributed by atoms with E-state index in [-0.39, 0.29) is 0 Å². The summed E-state index contributed by atoms with van der Waals surface area (Å²) in [6, 6.07) is 0.706. The van der Waals surface area contributed by atoms with E-state index in [9.17, 15) is 0 Å². The summed E-state index contributed by atoms with van der Waals surface area (Å²) in [6.07, 6.45) is 5.04. The topological polar surface area (TPSA) is 29.9 Å². The normalized spacial score (nSPS) is 26.4. The van der Waals surface area contributed by atoms with Crippen LogP contribution < -0.4 is 5.32 Å². The van der Waals surface area contributed by atoms with E-state index in [1.807, 2.05) is 0 Å². The average molecular weight is 342 g/mol. The minimum Gasteiger partial charge on any atom is -0.314 e. The van der Waals surface area contributed by atoms with Crippen LogP contribution in [0.15, 0.2) is 4.47 Å². The van der Waals surface area contributed by atoms with Gasteiger partial charge in [-0.15, -0.1) is 0 Å². The predicted octanol–water partition coefficient (Wildman–Crippen LogP) is 3.93. The Bertz CT molecular complexity index is 441. The van der Waals surface area contributed by atoms with Crippen molar-refractivity contribution in [2.24, 2.45) is 11.8 Å². The minimum atomic E-state index is 0.706. The molecule has 0 aliphatic heterocycles. The van der Waals surface area contributed by atoms with Crippen LogP contribution in [0, 0.1) is 18.8 Å². The molecule has 0 bridgehead atoms. The van der Waals surface area contributed by atoms with E-state index in [4.69, 9.17) is 0 Å². The summed E-state index contributed by atoms with van der Waals surface area (Å²) < 4.78 is 3.38. The van der Waals surface area contributed by atoms with Crippen LogP contribution in [0.5, 0.6) is 0 Å². The van der Waals surface area contributed by atoms with Crippen molar-refractivity contribution in [1.82, 2.24) is 15.1 Å². The van der Waals surface area contributed by atoms with Gasteiger partial charge in [0.25, 0.3) is 0 Å². The molecular weight excluding hydrogens is 314 g/mol. The van der Waals surface area contributed by atoms with E-state index in [1.165, 1.54) is 29.4 Å². The van der Waals surface area contributed by atoms with Gasteiger partial charge in [-0.2, -0.15) is 5.10 Å². The molecule has 1 aromatic heterocycles. The van der Waals surface area contributed by atoms with Crippen molar-refractivity contribution < 1.29 is 0 Å². The summed E-state index contributed by atoms with van der Waals surface area (Å²) in [5, 5.41) is 8.33. The fourth-order valence-electron chi connectivity index (χ4n) is 3.47. The van der Waals surface area contributed by atoms with Gasteiger partial charge in [-0.1, -0.05) is 13.8 Å². The summed E-state index contributed by atoms with van der Waals surface area (Å²) in [7, 11) is 0. The lowest BCUT2D eigenvalue weighted by Gasteiger charge is -2.22. The molecule has 1 N–H and O–H groups in total. The van der Waals surface area contributed by atoms with Crippen LogP contribution in [-0.4, -0.2) is 22.4 Å². The largest absolute Gasteiger partial charge is 0.314 e. The van der Waals surface area contributed by atoms with E-state index < -0.39 is 0 Å². The number of hydrogen-bond donors (Lipinski definition) is 1. The maximum atomic E-state index is 4.62. The van der Waals surface area contributed by atoms with Crippen LogP contribution in [-0.2, 0) is 13.0 Å². The SMILES string of the molecule is CCCNC1CCC(Cc2c(Br)c(C)nn2CC)C1C. The fraction of sp³-hybridized carbons (Fsp3) is 0.812. The molecule has 0 aromatic carbocycles. The summed E-state index contributed by atoms with van der Waals surface area (Å²) in [5.74, 6) is 1.54. The van der Waals surface area contributed by atoms with Gasteiger partial charge >= 0.3 is 0 Å². The fourth-order valence-corrected chi connectivity index (χ4v) is 3.91. The summed E-state index contributed by atoms with van der Waals surface area (Å²) in [5.41, 5.74) is 2.51. The Balaban J connectivity index is 2.04. The highest BCUT2D eigenvalue weighted by Crippen LogP contribution is 2.36. The van der Waals surface area contributed by atoms with Crippen LogP contribution in [0.2, 0.25) is 0 Å². The monoisotopic (exact) mass is 341 g/mol. The van der Waals surface area contributed by atoms with Gasteiger partial charge in [-0.05, 0) is 73.8 Å². The van der Waals surface area contributed by atoms with Gasteiger partial charge < -0.3 is 5.32 Å². The third-order valence-electron chi connectivity index (χ3n) is 4.79. The Morgan fingerprint density at radius 1 is 1.35 bits per heavy atom. The first-order chi connectivity index (χ1) is 9.58. The van der Waals surface area contributed by atoms with E-state index in [0.717, 1.165) is 37.0 Å². The third-order valence-corrected chi connectivity index (χ3v) is 5.82. The summed E-state index contributed by atoms with van der Waals surface area (Å²) >= 11 is 3.73. The summed E-state index contributed by atoms with van der Waals surface area (Å²) in [4.78, 5) is 0. The summed E-state index contributed by atoms with van der Waals surface area (Å²) in [6.45, 7) is 11.0. The number of hydrogen-bond acceptors (Lipinski definition) is 2. The highest BCUT2D eigenvalue weighted by Gasteiger charge is 2.33. The number of aryl methyl sites for hydroxylation is 2. The van der Waals surface area contributed by atoms with E-state index in [2.05, 4.69) is 58.7 Å². The Kier molecular flexibility index (Phi) is 5.67. The van der Waals surface area contributed by atoms with Gasteiger partial charge in [-0.3, -0.25) is 4.68 Å². The van der Waals surface area contributed by atoms with Crippen molar-refractivity contribution in [2.45, 2.75) is 66.0 Å². The smallest absolute Gasteiger partial charge is 0.0738 e. The number of rotatable bonds is 6. The molecule has 2 rings (SSSR count). The molecule has 1 fully saturated rings. The number of aromatic nitrogens is 2. The molecule has 1 saturated carbocycles. The van der Waals surface area contributed by atoms with Crippen molar-refractivity contribution >= 4 is 15.9 Å². The van der Waals surface area contributed by atoms with Crippen LogP contribution in [0.1, 0.15) is 51.4 Å². The quantitative estimate of drug-likeness (QED) is 0.849. The highest BCUT2D eigenvalue weighted by molar-refractivity contribution is 9.10.